The van der Waals surface area contributed by atoms with E-state index in [1.165, 1.54) is 0 Å². The van der Waals surface area contributed by atoms with Crippen molar-refractivity contribution in [1.29, 1.82) is 0 Å². The van der Waals surface area contributed by atoms with Crippen molar-refractivity contribution in [2.24, 2.45) is 0 Å². The number of aliphatic hydroxyl groups is 4. The molecule has 0 saturated carbocycles. The van der Waals surface area contributed by atoms with Crippen molar-refractivity contribution >= 4 is 16.3 Å². The van der Waals surface area contributed by atoms with E-state index in [1.54, 1.807) is 4.72 Å². The molecule has 0 aromatic rings. The molecule has 9 heteroatoms. The lowest BCUT2D eigenvalue weighted by Crippen LogP contribution is -2.53. The lowest BCUT2D eigenvalue weighted by molar-refractivity contribution is -0.119. The third-order valence-corrected chi connectivity index (χ3v) is 2.50. The molecule has 0 amide bonds. The molecule has 0 heterocycles. The van der Waals surface area contributed by atoms with Gasteiger partial charge in [-0.25, -0.2) is 13.1 Å². The van der Waals surface area contributed by atoms with Gasteiger partial charge in [-0.1, -0.05) is 0 Å². The molecule has 0 rings (SSSR count). The summed E-state index contributed by atoms with van der Waals surface area (Å²) in [6.45, 7) is -0.831. The molecule has 5 N–H and O–H groups in total. The molecule has 0 aliphatic carbocycles. The van der Waals surface area contributed by atoms with Gasteiger partial charge >= 0.3 is 0 Å². The Bertz CT molecular complexity index is 317. The van der Waals surface area contributed by atoms with Gasteiger partial charge in [0.2, 0.25) is 10.0 Å². The summed E-state index contributed by atoms with van der Waals surface area (Å²) in [5.41, 5.74) is 0. The van der Waals surface area contributed by atoms with Crippen LogP contribution in [0.15, 0.2) is 0 Å². The Kier molecular flexibility index (Phi) is 6.00. The summed E-state index contributed by atoms with van der Waals surface area (Å²) >= 11 is 0. The second kappa shape index (κ2) is 6.23. The molecule has 0 fully saturated rings. The highest BCUT2D eigenvalue weighted by molar-refractivity contribution is 7.88. The van der Waals surface area contributed by atoms with E-state index >= 15 is 0 Å². The monoisotopic (exact) mass is 257 g/mol. The van der Waals surface area contributed by atoms with Crippen LogP contribution in [0.25, 0.3) is 0 Å². The molecule has 0 unspecified atom stereocenters. The Morgan fingerprint density at radius 3 is 2.06 bits per heavy atom. The third-order valence-electron chi connectivity index (χ3n) is 1.80. The number of carbonyl (C=O) groups excluding carboxylic acids is 1. The van der Waals surface area contributed by atoms with Crippen LogP contribution in [-0.4, -0.2) is 72.3 Å². The maximum absolute atomic E-state index is 10.8. The Morgan fingerprint density at radius 2 is 1.75 bits per heavy atom. The van der Waals surface area contributed by atoms with E-state index in [2.05, 4.69) is 0 Å². The summed E-state index contributed by atoms with van der Waals surface area (Å²) in [4.78, 5) is 10.5. The average molecular weight is 257 g/mol. The van der Waals surface area contributed by atoms with Gasteiger partial charge in [-0.3, -0.25) is 0 Å². The van der Waals surface area contributed by atoms with E-state index in [0.29, 0.717) is 0 Å². The molecular formula is C7H15NO7S. The van der Waals surface area contributed by atoms with E-state index in [0.717, 1.165) is 6.26 Å². The molecule has 0 saturated heterocycles. The summed E-state index contributed by atoms with van der Waals surface area (Å²) in [5, 5.41) is 36.1. The highest BCUT2D eigenvalue weighted by atomic mass is 32.2. The number of carbonyl (C=O) groups is 1. The van der Waals surface area contributed by atoms with E-state index < -0.39 is 41.0 Å². The molecule has 0 spiro atoms. The normalized spacial score (nSPS) is 19.8. The molecule has 0 bridgehead atoms. The average Bonchev–Trinajstić information content (AvgIpc) is 2.21. The van der Waals surface area contributed by atoms with Gasteiger partial charge in [0.05, 0.1) is 12.9 Å². The van der Waals surface area contributed by atoms with Crippen LogP contribution >= 0.6 is 0 Å². The van der Waals surface area contributed by atoms with E-state index in [4.69, 9.17) is 10.2 Å². The minimum atomic E-state index is -3.74. The van der Waals surface area contributed by atoms with Crippen LogP contribution in [0.4, 0.5) is 0 Å². The SMILES string of the molecule is CS(=O)(=O)N[C@H](C=O)[C@@H](O)[C@H](O)[C@H](O)CO. The summed E-state index contributed by atoms with van der Waals surface area (Å²) in [6.07, 6.45) is -4.51. The van der Waals surface area contributed by atoms with Gasteiger partial charge < -0.3 is 25.2 Å². The maximum atomic E-state index is 10.8. The highest BCUT2D eigenvalue weighted by Gasteiger charge is 2.32. The number of aliphatic hydroxyl groups excluding tert-OH is 4. The third kappa shape index (κ3) is 4.96. The first kappa shape index (κ1) is 15.4. The van der Waals surface area contributed by atoms with Crippen molar-refractivity contribution in [3.05, 3.63) is 0 Å². The van der Waals surface area contributed by atoms with E-state index in [-0.39, 0.29) is 6.29 Å². The number of nitrogens with one attached hydrogen (secondary N) is 1. The highest BCUT2D eigenvalue weighted by Crippen LogP contribution is 2.04. The van der Waals surface area contributed by atoms with Gasteiger partial charge in [0, 0.05) is 0 Å². The Labute approximate surface area is 92.6 Å². The van der Waals surface area contributed by atoms with Crippen LogP contribution in [0.1, 0.15) is 0 Å². The summed E-state index contributed by atoms with van der Waals surface area (Å²) in [6, 6.07) is -1.59. The fraction of sp³-hybridized carbons (Fsp3) is 0.857. The standard InChI is InChI=1S/C7H15NO7S/c1-16(14,15)8-4(2-9)6(12)7(13)5(11)3-10/h2,4-8,10-13H,3H2,1H3/t4-,5-,6-,7-/m1/s1. The van der Waals surface area contributed by atoms with Crippen molar-refractivity contribution in [1.82, 2.24) is 4.72 Å². The zero-order valence-electron chi connectivity index (χ0n) is 8.52. The predicted octanol–water partition coefficient (Wildman–Crippen LogP) is -3.82. The van der Waals surface area contributed by atoms with Gasteiger partial charge in [-0.15, -0.1) is 0 Å². The van der Waals surface area contributed by atoms with Crippen molar-refractivity contribution in [2.75, 3.05) is 12.9 Å². The molecule has 16 heavy (non-hydrogen) atoms. The van der Waals surface area contributed by atoms with Gasteiger partial charge in [0.15, 0.2) is 0 Å². The number of aldehydes is 1. The Morgan fingerprint density at radius 1 is 1.25 bits per heavy atom. The first-order chi connectivity index (χ1) is 7.22. The topological polar surface area (TPSA) is 144 Å². The fourth-order valence-corrected chi connectivity index (χ4v) is 1.66. The van der Waals surface area contributed by atoms with Gasteiger partial charge in [-0.05, 0) is 0 Å². The second-order valence-corrected chi connectivity index (χ2v) is 5.06. The van der Waals surface area contributed by atoms with Crippen LogP contribution < -0.4 is 4.72 Å². The lowest BCUT2D eigenvalue weighted by atomic mass is 10.0. The summed E-state index contributed by atoms with van der Waals surface area (Å²) in [5.74, 6) is 0. The van der Waals surface area contributed by atoms with Crippen LogP contribution in [0.2, 0.25) is 0 Å². The van der Waals surface area contributed by atoms with Crippen molar-refractivity contribution in [2.45, 2.75) is 24.4 Å². The summed E-state index contributed by atoms with van der Waals surface area (Å²) < 4.78 is 23.4. The van der Waals surface area contributed by atoms with Gasteiger partial charge in [0.1, 0.15) is 30.6 Å². The molecule has 0 aliphatic rings. The van der Waals surface area contributed by atoms with Crippen molar-refractivity contribution < 1.29 is 33.6 Å². The number of hydrogen-bond donors (Lipinski definition) is 5. The molecule has 4 atom stereocenters. The van der Waals surface area contributed by atoms with Gasteiger partial charge in [-0.2, -0.15) is 0 Å². The zero-order valence-corrected chi connectivity index (χ0v) is 9.33. The van der Waals surface area contributed by atoms with Crippen molar-refractivity contribution in [3.63, 3.8) is 0 Å². The molecule has 0 radical (unpaired) electrons. The Balaban J connectivity index is 4.65. The first-order valence-corrected chi connectivity index (χ1v) is 6.19. The fourth-order valence-electron chi connectivity index (χ4n) is 0.973. The van der Waals surface area contributed by atoms with Gasteiger partial charge in [0.25, 0.3) is 0 Å². The van der Waals surface area contributed by atoms with Crippen molar-refractivity contribution in [3.8, 4) is 0 Å². The number of sulfonamides is 1. The van der Waals surface area contributed by atoms with Crippen LogP contribution in [0.3, 0.4) is 0 Å². The number of hydrogen-bond acceptors (Lipinski definition) is 7. The van der Waals surface area contributed by atoms with E-state index in [9.17, 15) is 23.4 Å². The van der Waals surface area contributed by atoms with E-state index in [1.807, 2.05) is 0 Å². The van der Waals surface area contributed by atoms with Crippen LogP contribution in [0.5, 0.6) is 0 Å². The smallest absolute Gasteiger partial charge is 0.209 e. The van der Waals surface area contributed by atoms with Crippen LogP contribution in [0, 0.1) is 0 Å². The number of rotatable bonds is 7. The molecule has 0 aliphatic heterocycles. The molecule has 0 aromatic carbocycles. The second-order valence-electron chi connectivity index (χ2n) is 3.28. The quantitative estimate of drug-likeness (QED) is 0.294. The molecule has 96 valence electrons. The predicted molar refractivity (Wildman–Crippen MR) is 52.9 cm³/mol. The molecular weight excluding hydrogens is 242 g/mol. The largest absolute Gasteiger partial charge is 0.394 e. The molecule has 0 aromatic heterocycles. The lowest BCUT2D eigenvalue weighted by Gasteiger charge is -2.25. The Hall–Kier alpha value is -0.580. The summed E-state index contributed by atoms with van der Waals surface area (Å²) in [7, 11) is -3.74. The minimum Gasteiger partial charge on any atom is -0.394 e. The minimum absolute atomic E-state index is 0.0824. The maximum Gasteiger partial charge on any atom is 0.209 e. The zero-order chi connectivity index (χ0) is 12.9. The first-order valence-electron chi connectivity index (χ1n) is 4.30. The molecule has 8 nitrogen and oxygen atoms in total. The van der Waals surface area contributed by atoms with Crippen LogP contribution in [-0.2, 0) is 14.8 Å².